The molecule has 4 aromatic rings. The molecule has 34 heavy (non-hydrogen) atoms. The maximum atomic E-state index is 12.7. The quantitative estimate of drug-likeness (QED) is 0.335. The molecule has 2 unspecified atom stereocenters. The van der Waals surface area contributed by atoms with Crippen LogP contribution >= 0.6 is 0 Å². The Hall–Kier alpha value is -3.93. The molecule has 1 aliphatic rings. The Morgan fingerprint density at radius 2 is 1.74 bits per heavy atom. The zero-order chi connectivity index (χ0) is 23.5. The molecule has 0 saturated heterocycles. The first kappa shape index (κ1) is 21.9. The first-order valence-corrected chi connectivity index (χ1v) is 11.8. The van der Waals surface area contributed by atoms with Crippen molar-refractivity contribution in [2.24, 2.45) is 11.8 Å². The molecule has 0 spiro atoms. The predicted octanol–water partition coefficient (Wildman–Crippen LogP) is 6.25. The maximum Gasteiger partial charge on any atom is 0.257 e. The first-order valence-electron chi connectivity index (χ1n) is 11.8. The third-order valence-corrected chi connectivity index (χ3v) is 6.71. The molecule has 1 aliphatic carbocycles. The van der Waals surface area contributed by atoms with Crippen LogP contribution in [-0.4, -0.2) is 21.8 Å². The number of aromatic amines is 1. The normalized spacial score (nSPS) is 17.9. The first-order chi connectivity index (χ1) is 16.6. The van der Waals surface area contributed by atoms with E-state index in [2.05, 4.69) is 33.6 Å². The molecule has 2 heterocycles. The number of H-pyrrole nitrogens is 1. The van der Waals surface area contributed by atoms with Crippen LogP contribution in [-0.2, 0) is 4.79 Å². The molecule has 3 N–H and O–H groups in total. The van der Waals surface area contributed by atoms with Gasteiger partial charge in [-0.05, 0) is 72.9 Å². The van der Waals surface area contributed by atoms with Gasteiger partial charge in [0.2, 0.25) is 5.91 Å². The number of rotatable bonds is 5. The van der Waals surface area contributed by atoms with Crippen molar-refractivity contribution in [1.29, 1.82) is 0 Å². The van der Waals surface area contributed by atoms with Gasteiger partial charge in [0.25, 0.3) is 5.91 Å². The Balaban J connectivity index is 1.28. The third-order valence-electron chi connectivity index (χ3n) is 6.71. The minimum atomic E-state index is -0.191. The number of carbonyl (C=O) groups excluding carboxylic acids is 2. The summed E-state index contributed by atoms with van der Waals surface area (Å²) in [4.78, 5) is 32.5. The fourth-order valence-electron chi connectivity index (χ4n) is 4.74. The van der Waals surface area contributed by atoms with Gasteiger partial charge in [0.15, 0.2) is 0 Å². The van der Waals surface area contributed by atoms with Crippen molar-refractivity contribution in [3.63, 3.8) is 0 Å². The lowest BCUT2D eigenvalue weighted by Gasteiger charge is -2.27. The number of aromatic nitrogens is 2. The van der Waals surface area contributed by atoms with Crippen LogP contribution in [0.15, 0.2) is 73.1 Å². The molecular formula is C28H28N4O2. The largest absolute Gasteiger partial charge is 0.355 e. The number of anilines is 2. The monoisotopic (exact) mass is 452 g/mol. The van der Waals surface area contributed by atoms with Crippen molar-refractivity contribution >= 4 is 34.1 Å². The van der Waals surface area contributed by atoms with Gasteiger partial charge < -0.3 is 15.6 Å². The predicted molar refractivity (Wildman–Crippen MR) is 136 cm³/mol. The average Bonchev–Trinajstić information content (AvgIpc) is 3.29. The van der Waals surface area contributed by atoms with E-state index in [1.807, 2.05) is 42.5 Å². The van der Waals surface area contributed by atoms with Gasteiger partial charge in [-0.3, -0.25) is 14.6 Å². The molecule has 1 fully saturated rings. The van der Waals surface area contributed by atoms with E-state index in [0.717, 1.165) is 52.8 Å². The average molecular weight is 453 g/mol. The van der Waals surface area contributed by atoms with Gasteiger partial charge in [-0.15, -0.1) is 0 Å². The summed E-state index contributed by atoms with van der Waals surface area (Å²) in [7, 11) is 0. The number of pyridine rings is 1. The van der Waals surface area contributed by atoms with Gasteiger partial charge in [-0.1, -0.05) is 31.9 Å². The van der Waals surface area contributed by atoms with E-state index in [4.69, 9.17) is 0 Å². The summed E-state index contributed by atoms with van der Waals surface area (Å²) in [6, 6.07) is 19.2. The van der Waals surface area contributed by atoms with E-state index < -0.39 is 0 Å². The second-order valence-electron chi connectivity index (χ2n) is 9.12. The molecule has 6 heteroatoms. The molecular weight excluding hydrogens is 424 g/mol. The Labute approximate surface area is 198 Å². The number of fused-ring (bicyclic) bond motifs is 1. The standard InChI is InChI=1S/C28H28N4O2/c1-18-5-2-3-7-24(18)28(34)30-22-10-8-19(9-11-22)26-16-21-15-23(12-13-25(21)32-26)31-27(33)20-6-4-14-29-17-20/h4,6,8-18,24,32H,2-3,5,7H2,1H3,(H,30,34)(H,31,33). The van der Waals surface area contributed by atoms with Crippen LogP contribution in [0.4, 0.5) is 11.4 Å². The zero-order valence-corrected chi connectivity index (χ0v) is 19.2. The van der Waals surface area contributed by atoms with Crippen LogP contribution in [0.5, 0.6) is 0 Å². The zero-order valence-electron chi connectivity index (χ0n) is 19.2. The number of amides is 2. The number of hydrogen-bond donors (Lipinski definition) is 3. The molecule has 2 amide bonds. The summed E-state index contributed by atoms with van der Waals surface area (Å²) in [5.74, 6) is 0.489. The minimum Gasteiger partial charge on any atom is -0.355 e. The van der Waals surface area contributed by atoms with E-state index in [1.165, 1.54) is 6.42 Å². The van der Waals surface area contributed by atoms with Crippen molar-refractivity contribution in [3.05, 3.63) is 78.6 Å². The van der Waals surface area contributed by atoms with Gasteiger partial charge in [0.1, 0.15) is 0 Å². The molecule has 2 aromatic carbocycles. The van der Waals surface area contributed by atoms with E-state index in [0.29, 0.717) is 11.5 Å². The summed E-state index contributed by atoms with van der Waals surface area (Å²) in [6.45, 7) is 2.18. The highest BCUT2D eigenvalue weighted by Gasteiger charge is 2.27. The molecule has 2 aromatic heterocycles. The third kappa shape index (κ3) is 4.71. The van der Waals surface area contributed by atoms with Gasteiger partial charge in [-0.2, -0.15) is 0 Å². The number of nitrogens with one attached hydrogen (secondary N) is 3. The number of nitrogens with zero attached hydrogens (tertiary/aromatic N) is 1. The van der Waals surface area contributed by atoms with Crippen LogP contribution in [0.2, 0.25) is 0 Å². The van der Waals surface area contributed by atoms with E-state index in [1.54, 1.807) is 24.5 Å². The number of benzene rings is 2. The Morgan fingerprint density at radius 3 is 2.50 bits per heavy atom. The molecule has 0 aliphatic heterocycles. The summed E-state index contributed by atoms with van der Waals surface area (Å²) in [6.07, 6.45) is 7.65. The van der Waals surface area contributed by atoms with Crippen LogP contribution < -0.4 is 10.6 Å². The number of carbonyl (C=O) groups is 2. The smallest absolute Gasteiger partial charge is 0.257 e. The second kappa shape index (κ2) is 9.51. The molecule has 0 bridgehead atoms. The van der Waals surface area contributed by atoms with Crippen LogP contribution in [0.1, 0.15) is 43.0 Å². The molecule has 172 valence electrons. The van der Waals surface area contributed by atoms with Crippen molar-refractivity contribution in [2.45, 2.75) is 32.6 Å². The van der Waals surface area contributed by atoms with Crippen LogP contribution in [0.25, 0.3) is 22.2 Å². The van der Waals surface area contributed by atoms with Gasteiger partial charge >= 0.3 is 0 Å². The minimum absolute atomic E-state index is 0.106. The maximum absolute atomic E-state index is 12.7. The van der Waals surface area contributed by atoms with E-state index >= 15 is 0 Å². The lowest BCUT2D eigenvalue weighted by Crippen LogP contribution is -2.30. The summed E-state index contributed by atoms with van der Waals surface area (Å²) < 4.78 is 0. The summed E-state index contributed by atoms with van der Waals surface area (Å²) in [5, 5.41) is 7.02. The Morgan fingerprint density at radius 1 is 0.941 bits per heavy atom. The van der Waals surface area contributed by atoms with Crippen LogP contribution in [0.3, 0.4) is 0 Å². The summed E-state index contributed by atoms with van der Waals surface area (Å²) in [5.41, 5.74) is 5.05. The van der Waals surface area contributed by atoms with Crippen molar-refractivity contribution in [3.8, 4) is 11.3 Å². The lowest BCUT2D eigenvalue weighted by molar-refractivity contribution is -0.122. The topological polar surface area (TPSA) is 86.9 Å². The van der Waals surface area contributed by atoms with Gasteiger partial charge in [-0.25, -0.2) is 0 Å². The van der Waals surface area contributed by atoms with Gasteiger partial charge in [0.05, 0.1) is 5.56 Å². The highest BCUT2D eigenvalue weighted by Crippen LogP contribution is 2.31. The highest BCUT2D eigenvalue weighted by atomic mass is 16.2. The van der Waals surface area contributed by atoms with Crippen LogP contribution in [0, 0.1) is 11.8 Å². The molecule has 1 saturated carbocycles. The van der Waals surface area contributed by atoms with Gasteiger partial charge in [0, 0.05) is 46.3 Å². The molecule has 6 nitrogen and oxygen atoms in total. The SMILES string of the molecule is CC1CCCCC1C(=O)Nc1ccc(-c2cc3cc(NC(=O)c4cccnc4)ccc3[nH]2)cc1. The lowest BCUT2D eigenvalue weighted by atomic mass is 9.80. The number of hydrogen-bond acceptors (Lipinski definition) is 3. The van der Waals surface area contributed by atoms with E-state index in [9.17, 15) is 9.59 Å². The Bertz CT molecular complexity index is 1310. The molecule has 5 rings (SSSR count). The Kier molecular flexibility index (Phi) is 6.12. The van der Waals surface area contributed by atoms with E-state index in [-0.39, 0.29) is 17.7 Å². The fraction of sp³-hybridized carbons (Fsp3) is 0.250. The highest BCUT2D eigenvalue weighted by molar-refractivity contribution is 6.05. The second-order valence-corrected chi connectivity index (χ2v) is 9.12. The molecule has 2 atom stereocenters. The van der Waals surface area contributed by atoms with Crippen molar-refractivity contribution in [2.75, 3.05) is 10.6 Å². The van der Waals surface area contributed by atoms with Crippen molar-refractivity contribution < 1.29 is 9.59 Å². The fourth-order valence-corrected chi connectivity index (χ4v) is 4.74. The summed E-state index contributed by atoms with van der Waals surface area (Å²) >= 11 is 0. The molecule has 0 radical (unpaired) electrons. The van der Waals surface area contributed by atoms with Crippen molar-refractivity contribution in [1.82, 2.24) is 9.97 Å².